The Morgan fingerprint density at radius 2 is 2.02 bits per heavy atom. The third kappa shape index (κ3) is 7.26. The predicted molar refractivity (Wildman–Crippen MR) is 147 cm³/mol. The van der Waals surface area contributed by atoms with Crippen molar-refractivity contribution in [3.8, 4) is 0 Å². The van der Waals surface area contributed by atoms with Gasteiger partial charge in [0.1, 0.15) is 30.5 Å². The van der Waals surface area contributed by atoms with Crippen LogP contribution in [0.4, 0.5) is 10.1 Å². The van der Waals surface area contributed by atoms with Crippen LogP contribution >= 0.6 is 11.6 Å². The molecule has 13 heteroatoms. The van der Waals surface area contributed by atoms with E-state index in [9.17, 15) is 29.3 Å². The van der Waals surface area contributed by atoms with E-state index < -0.39 is 42.7 Å². The Bertz CT molecular complexity index is 1360. The van der Waals surface area contributed by atoms with E-state index in [1.54, 1.807) is 31.2 Å². The minimum absolute atomic E-state index is 0.0665. The number of hydrogen-bond donors (Lipinski definition) is 6. The molecule has 1 heterocycles. The zero-order chi connectivity index (χ0) is 29.0. The van der Waals surface area contributed by atoms with Crippen LogP contribution in [0.2, 0.25) is 5.02 Å². The average Bonchev–Trinajstić information content (AvgIpc) is 3.66. The van der Waals surface area contributed by atoms with Crippen LogP contribution in [0.3, 0.4) is 0 Å². The van der Waals surface area contributed by atoms with Gasteiger partial charge in [0, 0.05) is 23.2 Å². The van der Waals surface area contributed by atoms with Crippen molar-refractivity contribution in [3.63, 3.8) is 0 Å². The molecule has 0 radical (unpaired) electrons. The van der Waals surface area contributed by atoms with Crippen LogP contribution in [-0.4, -0.2) is 67.2 Å². The molecule has 1 saturated carbocycles. The maximum absolute atomic E-state index is 14.2. The molecule has 0 aliphatic heterocycles. The molecule has 1 aliphatic carbocycles. The van der Waals surface area contributed by atoms with E-state index in [2.05, 4.69) is 15.7 Å². The molecular weight excluding hydrogens is 543 g/mol. The highest BCUT2D eigenvalue weighted by Crippen LogP contribution is 2.34. The summed E-state index contributed by atoms with van der Waals surface area (Å²) in [5, 5.41) is 40.5. The van der Waals surface area contributed by atoms with Crippen LogP contribution < -0.4 is 16.4 Å². The molecule has 2 unspecified atom stereocenters. The lowest BCUT2D eigenvalue weighted by Crippen LogP contribution is -2.47. The number of hydrogen-bond acceptors (Lipinski definition) is 8. The average molecular weight is 577 g/mol. The van der Waals surface area contributed by atoms with E-state index in [0.29, 0.717) is 28.9 Å². The number of nitrogens with zero attached hydrogens (tertiary/aromatic N) is 3. The van der Waals surface area contributed by atoms with Crippen molar-refractivity contribution in [1.29, 1.82) is 0 Å². The number of nitrogens with one attached hydrogen (secondary N) is 2. The van der Waals surface area contributed by atoms with Gasteiger partial charge in [0.15, 0.2) is 0 Å². The quantitative estimate of drug-likeness (QED) is 0.168. The Balaban J connectivity index is 1.48. The fourth-order valence-corrected chi connectivity index (χ4v) is 4.64. The summed E-state index contributed by atoms with van der Waals surface area (Å²) in [5.41, 5.74) is 7.19. The predicted octanol–water partition coefficient (Wildman–Crippen LogP) is 1.83. The summed E-state index contributed by atoms with van der Waals surface area (Å²) < 4.78 is 15.5. The highest BCUT2D eigenvalue weighted by atomic mass is 35.5. The summed E-state index contributed by atoms with van der Waals surface area (Å²) in [6, 6.07) is 8.86. The van der Waals surface area contributed by atoms with E-state index in [1.807, 2.05) is 0 Å². The van der Waals surface area contributed by atoms with Gasteiger partial charge in [0.2, 0.25) is 11.8 Å². The lowest BCUT2D eigenvalue weighted by atomic mass is 10.1. The highest BCUT2D eigenvalue weighted by molar-refractivity contribution is 6.30. The molecule has 11 nitrogen and oxygen atoms in total. The van der Waals surface area contributed by atoms with E-state index in [-0.39, 0.29) is 35.9 Å². The Morgan fingerprint density at radius 1 is 1.27 bits per heavy atom. The molecule has 4 rings (SSSR count). The number of halogens is 2. The molecule has 2 amide bonds. The number of anilines is 1. The van der Waals surface area contributed by atoms with Gasteiger partial charge in [-0.25, -0.2) is 4.39 Å². The summed E-state index contributed by atoms with van der Waals surface area (Å²) in [6.45, 7) is 0.367. The van der Waals surface area contributed by atoms with Crippen LogP contribution in [-0.2, 0) is 22.7 Å². The van der Waals surface area contributed by atoms with E-state index in [4.69, 9.17) is 17.3 Å². The summed E-state index contributed by atoms with van der Waals surface area (Å²) >= 11 is 5.79. The van der Waals surface area contributed by atoms with Gasteiger partial charge < -0.3 is 36.6 Å². The standard InChI is InChI=1S/C27H34ClFN6O5/c1-15(14-36)34(12-23(38)31-11-17-3-2-4-20(28)25(17)29)24(39)13-35-21-8-7-18(32-22(37)9-16-5-6-16)10-19(21)26(33-35)27(30)40/h2-4,7-8,10,15-16,22,27,32,36-37,40H,5-6,9,11-14,30H2,1H3,(H,31,38)/t15-,22?,27?/m1/s1. The molecule has 7 N–H and O–H groups in total. The molecule has 0 saturated heterocycles. The molecule has 216 valence electrons. The van der Waals surface area contributed by atoms with Crippen molar-refractivity contribution in [1.82, 2.24) is 20.0 Å². The van der Waals surface area contributed by atoms with Crippen molar-refractivity contribution < 1.29 is 29.3 Å². The van der Waals surface area contributed by atoms with Gasteiger partial charge >= 0.3 is 0 Å². The third-order valence-electron chi connectivity index (χ3n) is 6.87. The van der Waals surface area contributed by atoms with Gasteiger partial charge in [0.25, 0.3) is 0 Å². The minimum Gasteiger partial charge on any atom is -0.394 e. The second kappa shape index (κ2) is 12.9. The molecule has 1 aliphatic rings. The van der Waals surface area contributed by atoms with Gasteiger partial charge in [-0.3, -0.25) is 14.3 Å². The summed E-state index contributed by atoms with van der Waals surface area (Å²) in [5.74, 6) is -1.20. The number of aromatic nitrogens is 2. The molecule has 40 heavy (non-hydrogen) atoms. The highest BCUT2D eigenvalue weighted by Gasteiger charge is 2.26. The van der Waals surface area contributed by atoms with Crippen molar-refractivity contribution in [2.24, 2.45) is 11.7 Å². The Morgan fingerprint density at radius 3 is 2.70 bits per heavy atom. The molecule has 1 fully saturated rings. The first kappa shape index (κ1) is 29.7. The monoisotopic (exact) mass is 576 g/mol. The zero-order valence-corrected chi connectivity index (χ0v) is 22.8. The van der Waals surface area contributed by atoms with Crippen LogP contribution in [0, 0.1) is 11.7 Å². The first-order valence-corrected chi connectivity index (χ1v) is 13.4. The van der Waals surface area contributed by atoms with E-state index in [0.717, 1.165) is 12.8 Å². The van der Waals surface area contributed by atoms with Crippen molar-refractivity contribution >= 4 is 40.0 Å². The topological polar surface area (TPSA) is 166 Å². The van der Waals surface area contributed by atoms with Gasteiger partial charge in [-0.2, -0.15) is 5.10 Å². The van der Waals surface area contributed by atoms with Gasteiger partial charge in [-0.15, -0.1) is 0 Å². The molecule has 0 spiro atoms. The fourth-order valence-electron chi connectivity index (χ4n) is 4.45. The smallest absolute Gasteiger partial charge is 0.245 e. The SMILES string of the molecule is C[C@H](CO)N(CC(=O)NCc1cccc(Cl)c1F)C(=O)Cn1nc(C(N)O)c2cc(NC(O)CC3CC3)ccc21. The summed E-state index contributed by atoms with van der Waals surface area (Å²) in [7, 11) is 0. The second-order valence-corrected chi connectivity index (χ2v) is 10.5. The van der Waals surface area contributed by atoms with Crippen molar-refractivity contribution in [3.05, 3.63) is 58.5 Å². The van der Waals surface area contributed by atoms with Gasteiger partial charge in [-0.1, -0.05) is 36.6 Å². The number of carbonyl (C=O) groups is 2. The Labute approximate surface area is 235 Å². The number of amides is 2. The number of rotatable bonds is 13. The summed E-state index contributed by atoms with van der Waals surface area (Å²) in [6.07, 6.45) is 0.712. The normalized spacial score (nSPS) is 15.5. The third-order valence-corrected chi connectivity index (χ3v) is 7.16. The van der Waals surface area contributed by atoms with Crippen LogP contribution in [0.5, 0.6) is 0 Å². The van der Waals surface area contributed by atoms with Crippen LogP contribution in [0.1, 0.15) is 43.7 Å². The molecule has 0 bridgehead atoms. The van der Waals surface area contributed by atoms with Crippen LogP contribution in [0.15, 0.2) is 36.4 Å². The van der Waals surface area contributed by atoms with Crippen molar-refractivity contribution in [2.75, 3.05) is 18.5 Å². The maximum Gasteiger partial charge on any atom is 0.245 e. The number of benzene rings is 2. The summed E-state index contributed by atoms with van der Waals surface area (Å²) in [4.78, 5) is 27.2. The number of aliphatic hydroxyl groups excluding tert-OH is 3. The number of fused-ring (bicyclic) bond motifs is 1. The van der Waals surface area contributed by atoms with Crippen LogP contribution in [0.25, 0.3) is 10.9 Å². The molecule has 2 aromatic carbocycles. The Hall–Kier alpha value is -3.29. The fraction of sp³-hybridized carbons (Fsp3) is 0.444. The molecule has 1 aromatic heterocycles. The van der Waals surface area contributed by atoms with Crippen molar-refractivity contribution in [2.45, 2.75) is 57.8 Å². The van der Waals surface area contributed by atoms with E-state index in [1.165, 1.54) is 21.7 Å². The minimum atomic E-state index is -1.42. The zero-order valence-electron chi connectivity index (χ0n) is 22.1. The lowest BCUT2D eigenvalue weighted by Gasteiger charge is -2.27. The van der Waals surface area contributed by atoms with Gasteiger partial charge in [0.05, 0.1) is 29.7 Å². The lowest BCUT2D eigenvalue weighted by molar-refractivity contribution is -0.139. The first-order chi connectivity index (χ1) is 19.1. The maximum atomic E-state index is 14.2. The van der Waals surface area contributed by atoms with Gasteiger partial charge in [-0.05, 0) is 43.5 Å². The largest absolute Gasteiger partial charge is 0.394 e. The number of carbonyl (C=O) groups excluding carboxylic acids is 2. The molecule has 3 atom stereocenters. The number of aliphatic hydroxyl groups is 3. The second-order valence-electron chi connectivity index (χ2n) is 10.1. The Kier molecular flexibility index (Phi) is 9.59. The first-order valence-electron chi connectivity index (χ1n) is 13.1. The van der Waals surface area contributed by atoms with E-state index >= 15 is 0 Å². The number of nitrogens with two attached hydrogens (primary N) is 1. The molecular formula is C27H34ClFN6O5. The molecule has 3 aromatic rings.